The number of hydrogen-bond donors (Lipinski definition) is 1. The molecule has 0 radical (unpaired) electrons. The SMILES string of the molecule is Cl.NC1CCN(C(=O)CCc2ccc(S(=O)(=O)N3CCCCC3)cc2)CC1. The summed E-state index contributed by atoms with van der Waals surface area (Å²) < 4.78 is 26.9. The van der Waals surface area contributed by atoms with Crippen LogP contribution in [0.25, 0.3) is 0 Å². The summed E-state index contributed by atoms with van der Waals surface area (Å²) in [7, 11) is -3.39. The summed E-state index contributed by atoms with van der Waals surface area (Å²) in [6, 6.07) is 7.22. The minimum Gasteiger partial charge on any atom is -0.343 e. The second kappa shape index (κ2) is 9.87. The Labute approximate surface area is 168 Å². The fourth-order valence-corrected chi connectivity index (χ4v) is 5.16. The van der Waals surface area contributed by atoms with Crippen LogP contribution in [0.3, 0.4) is 0 Å². The van der Waals surface area contributed by atoms with E-state index in [1.54, 1.807) is 16.4 Å². The van der Waals surface area contributed by atoms with Crippen molar-refractivity contribution < 1.29 is 13.2 Å². The third-order valence-electron chi connectivity index (χ3n) is 5.40. The van der Waals surface area contributed by atoms with Crippen LogP contribution in [0.1, 0.15) is 44.1 Å². The monoisotopic (exact) mass is 415 g/mol. The molecule has 0 spiro atoms. The van der Waals surface area contributed by atoms with Crippen molar-refractivity contribution in [3.05, 3.63) is 29.8 Å². The molecule has 0 aliphatic carbocycles. The predicted octanol–water partition coefficient (Wildman–Crippen LogP) is 2.17. The first-order valence-corrected chi connectivity index (χ1v) is 11.0. The van der Waals surface area contributed by atoms with Crippen molar-refractivity contribution in [2.75, 3.05) is 26.2 Å². The molecule has 3 rings (SSSR count). The molecule has 2 N–H and O–H groups in total. The Morgan fingerprint density at radius 1 is 1.00 bits per heavy atom. The summed E-state index contributed by atoms with van der Waals surface area (Å²) in [6.07, 6.45) is 5.78. The molecular formula is C19H30ClN3O3S. The molecule has 2 fully saturated rings. The van der Waals surface area contributed by atoms with Crippen LogP contribution in [-0.2, 0) is 21.2 Å². The molecule has 1 aromatic carbocycles. The van der Waals surface area contributed by atoms with E-state index in [9.17, 15) is 13.2 Å². The molecule has 1 amide bonds. The van der Waals surface area contributed by atoms with E-state index in [1.807, 2.05) is 17.0 Å². The van der Waals surface area contributed by atoms with Gasteiger partial charge in [-0.1, -0.05) is 18.6 Å². The van der Waals surface area contributed by atoms with Gasteiger partial charge < -0.3 is 10.6 Å². The van der Waals surface area contributed by atoms with Crippen LogP contribution >= 0.6 is 12.4 Å². The lowest BCUT2D eigenvalue weighted by molar-refractivity contribution is -0.132. The van der Waals surface area contributed by atoms with Crippen LogP contribution in [0.15, 0.2) is 29.2 Å². The number of carbonyl (C=O) groups excluding carboxylic acids is 1. The molecular weight excluding hydrogens is 386 g/mol. The standard InChI is InChI=1S/C19H29N3O3S.ClH/c20-17-10-14-21(15-11-17)19(23)9-6-16-4-7-18(8-5-16)26(24,25)22-12-2-1-3-13-22;/h4-5,7-8,17H,1-3,6,9-15,20H2;1H. The fourth-order valence-electron chi connectivity index (χ4n) is 3.64. The zero-order valence-corrected chi connectivity index (χ0v) is 17.3. The highest BCUT2D eigenvalue weighted by Gasteiger charge is 2.25. The quantitative estimate of drug-likeness (QED) is 0.798. The molecule has 0 atom stereocenters. The zero-order valence-electron chi connectivity index (χ0n) is 15.7. The van der Waals surface area contributed by atoms with Gasteiger partial charge in [0.2, 0.25) is 15.9 Å². The number of amides is 1. The van der Waals surface area contributed by atoms with E-state index in [4.69, 9.17) is 5.73 Å². The third kappa shape index (κ3) is 5.67. The first-order valence-electron chi connectivity index (χ1n) is 9.59. The highest BCUT2D eigenvalue weighted by Crippen LogP contribution is 2.21. The number of benzene rings is 1. The molecule has 0 bridgehead atoms. The van der Waals surface area contributed by atoms with E-state index in [0.29, 0.717) is 30.8 Å². The summed E-state index contributed by atoms with van der Waals surface area (Å²) >= 11 is 0. The molecule has 8 heteroatoms. The van der Waals surface area contributed by atoms with Crippen LogP contribution in [0.2, 0.25) is 0 Å². The van der Waals surface area contributed by atoms with Gasteiger partial charge in [0.25, 0.3) is 0 Å². The van der Waals surface area contributed by atoms with Gasteiger partial charge >= 0.3 is 0 Å². The Hall–Kier alpha value is -1.15. The van der Waals surface area contributed by atoms with Gasteiger partial charge in [-0.15, -0.1) is 12.4 Å². The molecule has 152 valence electrons. The van der Waals surface area contributed by atoms with E-state index in [1.165, 1.54) is 0 Å². The van der Waals surface area contributed by atoms with Crippen LogP contribution in [-0.4, -0.2) is 55.8 Å². The van der Waals surface area contributed by atoms with Gasteiger partial charge in [0.05, 0.1) is 4.90 Å². The molecule has 1 aromatic rings. The molecule has 27 heavy (non-hydrogen) atoms. The summed E-state index contributed by atoms with van der Waals surface area (Å²) in [5, 5.41) is 0. The molecule has 2 aliphatic heterocycles. The maximum absolute atomic E-state index is 12.7. The summed E-state index contributed by atoms with van der Waals surface area (Å²) in [5.74, 6) is 0.155. The summed E-state index contributed by atoms with van der Waals surface area (Å²) in [6.45, 7) is 2.70. The molecule has 2 heterocycles. The second-order valence-corrected chi connectivity index (χ2v) is 9.26. The second-order valence-electron chi connectivity index (χ2n) is 7.33. The largest absolute Gasteiger partial charge is 0.343 e. The summed E-state index contributed by atoms with van der Waals surface area (Å²) in [5.41, 5.74) is 6.87. The third-order valence-corrected chi connectivity index (χ3v) is 7.31. The van der Waals surface area contributed by atoms with E-state index >= 15 is 0 Å². The van der Waals surface area contributed by atoms with Crippen LogP contribution in [0.4, 0.5) is 0 Å². The minimum atomic E-state index is -3.39. The van der Waals surface area contributed by atoms with E-state index in [2.05, 4.69) is 0 Å². The van der Waals surface area contributed by atoms with Gasteiger partial charge in [0.1, 0.15) is 0 Å². The Morgan fingerprint density at radius 2 is 1.59 bits per heavy atom. The van der Waals surface area contributed by atoms with Crippen molar-refractivity contribution in [3.8, 4) is 0 Å². The van der Waals surface area contributed by atoms with E-state index in [-0.39, 0.29) is 24.4 Å². The number of aryl methyl sites for hydroxylation is 1. The lowest BCUT2D eigenvalue weighted by atomic mass is 10.0. The maximum Gasteiger partial charge on any atom is 0.243 e. The van der Waals surface area contributed by atoms with E-state index < -0.39 is 10.0 Å². The van der Waals surface area contributed by atoms with Gasteiger partial charge in [-0.25, -0.2) is 8.42 Å². The molecule has 6 nitrogen and oxygen atoms in total. The number of likely N-dealkylation sites (tertiary alicyclic amines) is 1. The Morgan fingerprint density at radius 3 is 2.19 bits per heavy atom. The van der Waals surface area contributed by atoms with Gasteiger partial charge in [-0.3, -0.25) is 4.79 Å². The van der Waals surface area contributed by atoms with Crippen LogP contribution < -0.4 is 5.73 Å². The number of sulfonamides is 1. The van der Waals surface area contributed by atoms with Crippen molar-refractivity contribution in [3.63, 3.8) is 0 Å². The van der Waals surface area contributed by atoms with Gasteiger partial charge in [0.15, 0.2) is 0 Å². The Kier molecular flexibility index (Phi) is 8.09. The molecule has 2 aliphatic rings. The Bertz CT molecular complexity index is 710. The molecule has 0 aromatic heterocycles. The lowest BCUT2D eigenvalue weighted by Crippen LogP contribution is -2.42. The smallest absolute Gasteiger partial charge is 0.243 e. The number of halogens is 1. The van der Waals surface area contributed by atoms with Crippen molar-refractivity contribution in [2.24, 2.45) is 5.73 Å². The predicted molar refractivity (Wildman–Crippen MR) is 108 cm³/mol. The van der Waals surface area contributed by atoms with Gasteiger partial charge in [-0.2, -0.15) is 4.31 Å². The number of nitrogens with zero attached hydrogens (tertiary/aromatic N) is 2. The first kappa shape index (κ1) is 22.1. The first-order chi connectivity index (χ1) is 12.5. The van der Waals surface area contributed by atoms with Crippen LogP contribution in [0.5, 0.6) is 0 Å². The number of nitrogens with two attached hydrogens (primary N) is 1. The normalized spacial score (nSPS) is 19.5. The highest BCUT2D eigenvalue weighted by atomic mass is 35.5. The number of rotatable bonds is 5. The van der Waals surface area contributed by atoms with E-state index in [0.717, 1.165) is 50.8 Å². The zero-order chi connectivity index (χ0) is 18.6. The van der Waals surface area contributed by atoms with Crippen molar-refractivity contribution in [1.29, 1.82) is 0 Å². The number of piperidine rings is 2. The number of carbonyl (C=O) groups is 1. The highest BCUT2D eigenvalue weighted by molar-refractivity contribution is 7.89. The minimum absolute atomic E-state index is 0. The van der Waals surface area contributed by atoms with Crippen molar-refractivity contribution >= 4 is 28.3 Å². The summed E-state index contributed by atoms with van der Waals surface area (Å²) in [4.78, 5) is 14.5. The molecule has 0 unspecified atom stereocenters. The topological polar surface area (TPSA) is 83.7 Å². The Balaban J connectivity index is 0.00000261. The van der Waals surface area contributed by atoms with Gasteiger partial charge in [0, 0.05) is 38.6 Å². The average Bonchev–Trinajstić information content (AvgIpc) is 2.67. The molecule has 2 saturated heterocycles. The van der Waals surface area contributed by atoms with Crippen molar-refractivity contribution in [1.82, 2.24) is 9.21 Å². The maximum atomic E-state index is 12.7. The van der Waals surface area contributed by atoms with Gasteiger partial charge in [-0.05, 0) is 49.8 Å². The fraction of sp³-hybridized carbons (Fsp3) is 0.632. The number of hydrogen-bond acceptors (Lipinski definition) is 4. The van der Waals surface area contributed by atoms with Crippen molar-refractivity contribution in [2.45, 2.75) is 55.9 Å². The molecule has 0 saturated carbocycles. The average molecular weight is 416 g/mol. The van der Waals surface area contributed by atoms with Crippen LogP contribution in [0, 0.1) is 0 Å². The lowest BCUT2D eigenvalue weighted by Gasteiger charge is -2.30.